The molecule has 5 rings (SSSR count). The average Bonchev–Trinajstić information content (AvgIpc) is 2.91. The van der Waals surface area contributed by atoms with Crippen LogP contribution in [0.15, 0.2) is 36.3 Å². The van der Waals surface area contributed by atoms with Crippen LogP contribution in [0.5, 0.6) is 0 Å². The number of hydrogen-bond donors (Lipinski definition) is 1. The molecule has 1 N–H and O–H groups in total. The molecule has 2 aliphatic heterocycles. The SMILES string of the molecule is C=CCN1CC[C@]23C4OC5=C(O)C=CC(C[C@@H]1[C@]2(C)CCC4=O)C53. The molecule has 4 nitrogen and oxygen atoms in total. The Balaban J connectivity index is 1.72. The summed E-state index contributed by atoms with van der Waals surface area (Å²) in [6.07, 6.45) is 9.15. The van der Waals surface area contributed by atoms with Gasteiger partial charge in [-0.3, -0.25) is 9.69 Å². The van der Waals surface area contributed by atoms with Crippen LogP contribution in [0.3, 0.4) is 0 Å². The zero-order valence-corrected chi connectivity index (χ0v) is 14.2. The lowest BCUT2D eigenvalue weighted by atomic mass is 9.40. The van der Waals surface area contributed by atoms with Gasteiger partial charge in [0.1, 0.15) is 5.76 Å². The van der Waals surface area contributed by atoms with E-state index in [2.05, 4.69) is 24.5 Å². The summed E-state index contributed by atoms with van der Waals surface area (Å²) in [5.41, 5.74) is -0.0944. The maximum Gasteiger partial charge on any atom is 0.173 e. The van der Waals surface area contributed by atoms with E-state index >= 15 is 0 Å². The minimum atomic E-state index is -0.366. The molecule has 4 fully saturated rings. The van der Waals surface area contributed by atoms with Gasteiger partial charge >= 0.3 is 0 Å². The van der Waals surface area contributed by atoms with Crippen molar-refractivity contribution in [3.05, 3.63) is 36.3 Å². The number of aliphatic hydroxyl groups is 1. The first-order valence-corrected chi connectivity index (χ1v) is 9.18. The lowest BCUT2D eigenvalue weighted by Crippen LogP contribution is -2.71. The van der Waals surface area contributed by atoms with Crippen molar-refractivity contribution < 1.29 is 14.6 Å². The molecule has 6 atom stereocenters. The highest BCUT2D eigenvalue weighted by Gasteiger charge is 2.75. The number of piperidine rings is 1. The maximum absolute atomic E-state index is 12.8. The van der Waals surface area contributed by atoms with Crippen LogP contribution in [-0.4, -0.2) is 41.0 Å². The van der Waals surface area contributed by atoms with E-state index in [9.17, 15) is 9.90 Å². The number of carbonyl (C=O) groups is 1. The molecule has 0 aromatic rings. The number of ether oxygens (including phenoxy) is 1. The summed E-state index contributed by atoms with van der Waals surface area (Å²) in [7, 11) is 0. The fourth-order valence-corrected chi connectivity index (χ4v) is 6.86. The lowest BCUT2D eigenvalue weighted by molar-refractivity contribution is -0.195. The molecule has 0 aromatic heterocycles. The van der Waals surface area contributed by atoms with Gasteiger partial charge in [0.25, 0.3) is 0 Å². The van der Waals surface area contributed by atoms with Gasteiger partial charge in [-0.15, -0.1) is 6.58 Å². The fourth-order valence-electron chi connectivity index (χ4n) is 6.86. The smallest absolute Gasteiger partial charge is 0.173 e. The first-order valence-electron chi connectivity index (χ1n) is 9.18. The molecule has 4 heteroatoms. The number of carbonyl (C=O) groups excluding carboxylic acids is 1. The summed E-state index contributed by atoms with van der Waals surface area (Å²) < 4.78 is 6.20. The number of Topliss-reactive ketones (excluding diaryl/α,β-unsaturated/α-hetero) is 1. The highest BCUT2D eigenvalue weighted by Crippen LogP contribution is 2.72. The van der Waals surface area contributed by atoms with Crippen molar-refractivity contribution in [3.63, 3.8) is 0 Å². The quantitative estimate of drug-likeness (QED) is 0.792. The van der Waals surface area contributed by atoms with Crippen LogP contribution >= 0.6 is 0 Å². The predicted octanol–water partition coefficient (Wildman–Crippen LogP) is 2.98. The number of nitrogens with zero attached hydrogens (tertiary/aromatic N) is 1. The van der Waals surface area contributed by atoms with E-state index in [1.54, 1.807) is 6.08 Å². The molecule has 0 amide bonds. The highest BCUT2D eigenvalue weighted by atomic mass is 16.5. The minimum absolute atomic E-state index is 0.0568. The Bertz CT molecular complexity index is 695. The Morgan fingerprint density at radius 3 is 3.12 bits per heavy atom. The summed E-state index contributed by atoms with van der Waals surface area (Å²) >= 11 is 0. The topological polar surface area (TPSA) is 49.8 Å². The second-order valence-electron chi connectivity index (χ2n) is 8.46. The fraction of sp³-hybridized carbons (Fsp3) is 0.650. The molecular formula is C20H25NO3. The Labute approximate surface area is 142 Å². The summed E-state index contributed by atoms with van der Waals surface area (Å²) in [6, 6.07) is 0.453. The first kappa shape index (κ1) is 14.8. The van der Waals surface area contributed by atoms with Crippen molar-refractivity contribution in [2.75, 3.05) is 13.1 Å². The Morgan fingerprint density at radius 1 is 1.50 bits per heavy atom. The molecule has 3 unspecified atom stereocenters. The summed E-state index contributed by atoms with van der Waals surface area (Å²) in [5.74, 6) is 1.70. The van der Waals surface area contributed by atoms with E-state index in [1.807, 2.05) is 6.08 Å². The number of likely N-dealkylation sites (tertiary alicyclic amines) is 1. The minimum Gasteiger partial charge on any atom is -0.504 e. The van der Waals surface area contributed by atoms with Gasteiger partial charge in [0, 0.05) is 30.3 Å². The number of aliphatic hydroxyl groups excluding tert-OH is 1. The Morgan fingerprint density at radius 2 is 2.33 bits per heavy atom. The van der Waals surface area contributed by atoms with E-state index in [-0.39, 0.29) is 34.4 Å². The zero-order chi connectivity index (χ0) is 16.7. The number of rotatable bonds is 2. The predicted molar refractivity (Wildman–Crippen MR) is 90.2 cm³/mol. The molecule has 1 spiro atoms. The lowest BCUT2D eigenvalue weighted by Gasteiger charge is -2.67. The average molecular weight is 327 g/mol. The van der Waals surface area contributed by atoms with Gasteiger partial charge in [-0.25, -0.2) is 0 Å². The molecular weight excluding hydrogens is 302 g/mol. The van der Waals surface area contributed by atoms with Crippen LogP contribution in [0.1, 0.15) is 32.6 Å². The zero-order valence-electron chi connectivity index (χ0n) is 14.2. The van der Waals surface area contributed by atoms with Crippen molar-refractivity contribution in [2.24, 2.45) is 22.7 Å². The summed E-state index contributed by atoms with van der Waals surface area (Å²) in [5, 5.41) is 10.4. The molecule has 2 bridgehead atoms. The van der Waals surface area contributed by atoms with Gasteiger partial charge in [0.05, 0.1) is 0 Å². The standard InChI is InChI=1S/C20H25NO3/c1-3-9-21-10-8-20-16-12-4-5-13(22)17(16)24-18(20)14(23)6-7-19(20,2)15(21)11-12/h3-5,12,15-16,18,22H,1,6-11H2,2H3/t12?,15-,16?,18?,19+,20+/m1/s1. The van der Waals surface area contributed by atoms with E-state index in [1.165, 1.54) is 0 Å². The molecule has 2 heterocycles. The molecule has 0 radical (unpaired) electrons. The van der Waals surface area contributed by atoms with Gasteiger partial charge in [-0.2, -0.15) is 0 Å². The third-order valence-corrected chi connectivity index (χ3v) is 7.83. The molecule has 0 aromatic carbocycles. The molecule has 3 aliphatic carbocycles. The van der Waals surface area contributed by atoms with Gasteiger partial charge < -0.3 is 9.84 Å². The van der Waals surface area contributed by atoms with Crippen molar-refractivity contribution in [2.45, 2.75) is 44.8 Å². The number of ketones is 1. The largest absolute Gasteiger partial charge is 0.504 e. The third kappa shape index (κ3) is 1.43. The molecule has 5 aliphatic rings. The van der Waals surface area contributed by atoms with Crippen LogP contribution in [-0.2, 0) is 9.53 Å². The maximum atomic E-state index is 12.8. The van der Waals surface area contributed by atoms with Crippen LogP contribution in [0.2, 0.25) is 0 Å². The van der Waals surface area contributed by atoms with Gasteiger partial charge in [0.2, 0.25) is 0 Å². The summed E-state index contributed by atoms with van der Waals surface area (Å²) in [4.78, 5) is 15.3. The Kier molecular flexibility index (Phi) is 2.79. The van der Waals surface area contributed by atoms with Crippen molar-refractivity contribution >= 4 is 5.78 Å². The van der Waals surface area contributed by atoms with Crippen molar-refractivity contribution in [1.29, 1.82) is 0 Å². The van der Waals surface area contributed by atoms with Crippen LogP contribution < -0.4 is 0 Å². The summed E-state index contributed by atoms with van der Waals surface area (Å²) in [6.45, 7) is 8.21. The van der Waals surface area contributed by atoms with Crippen molar-refractivity contribution in [1.82, 2.24) is 4.90 Å². The van der Waals surface area contributed by atoms with E-state index < -0.39 is 0 Å². The highest BCUT2D eigenvalue weighted by molar-refractivity contribution is 5.86. The monoisotopic (exact) mass is 327 g/mol. The molecule has 2 saturated carbocycles. The molecule has 128 valence electrons. The number of hydrogen-bond acceptors (Lipinski definition) is 4. The molecule has 2 saturated heterocycles. The van der Waals surface area contributed by atoms with Crippen molar-refractivity contribution in [3.8, 4) is 0 Å². The van der Waals surface area contributed by atoms with Gasteiger partial charge in [-0.1, -0.05) is 19.1 Å². The van der Waals surface area contributed by atoms with Crippen LogP contribution in [0, 0.1) is 22.7 Å². The molecule has 24 heavy (non-hydrogen) atoms. The van der Waals surface area contributed by atoms with Crippen LogP contribution in [0.25, 0.3) is 0 Å². The van der Waals surface area contributed by atoms with E-state index in [0.717, 1.165) is 32.4 Å². The van der Waals surface area contributed by atoms with E-state index in [4.69, 9.17) is 4.74 Å². The third-order valence-electron chi connectivity index (χ3n) is 7.83. The second-order valence-corrected chi connectivity index (χ2v) is 8.46. The van der Waals surface area contributed by atoms with E-state index in [0.29, 0.717) is 24.1 Å². The second kappa shape index (κ2) is 4.54. The van der Waals surface area contributed by atoms with Gasteiger partial charge in [-0.05, 0) is 43.2 Å². The normalized spacial score (nSPS) is 49.0. The van der Waals surface area contributed by atoms with Gasteiger partial charge in [0.15, 0.2) is 17.6 Å². The Hall–Kier alpha value is -1.55. The van der Waals surface area contributed by atoms with Crippen LogP contribution in [0.4, 0.5) is 0 Å². The number of allylic oxidation sites excluding steroid dienone is 3. The first-order chi connectivity index (χ1) is 11.5.